The smallest absolute Gasteiger partial charge is 0.132 e. The van der Waals surface area contributed by atoms with Crippen molar-refractivity contribution in [3.8, 4) is 0 Å². The first-order valence-corrected chi connectivity index (χ1v) is 6.65. The zero-order chi connectivity index (χ0) is 7.49. The lowest BCUT2D eigenvalue weighted by Crippen LogP contribution is -2.31. The van der Waals surface area contributed by atoms with Crippen molar-refractivity contribution in [1.82, 2.24) is 0 Å². The summed E-state index contributed by atoms with van der Waals surface area (Å²) in [5.74, 6) is 0. The van der Waals surface area contributed by atoms with Gasteiger partial charge < -0.3 is 4.79 Å². The Bertz CT molecular complexity index is 130. The Morgan fingerprint density at radius 3 is 1.89 bits per heavy atom. The third-order valence-corrected chi connectivity index (χ3v) is 2.70. The third-order valence-electron chi connectivity index (χ3n) is 1.06. The number of rotatable bonds is 2. The molecule has 0 heterocycles. The zero-order valence-corrected chi connectivity index (χ0v) is 7.56. The van der Waals surface area contributed by atoms with E-state index < -0.39 is 8.07 Å². The number of hydrogen-bond acceptors (Lipinski definition) is 1. The highest BCUT2D eigenvalue weighted by Gasteiger charge is 2.20. The summed E-state index contributed by atoms with van der Waals surface area (Å²) < 4.78 is 0. The summed E-state index contributed by atoms with van der Waals surface area (Å²) in [7, 11) is -1.51. The first-order chi connectivity index (χ1) is 3.98. The molecule has 0 aromatic heterocycles. The third kappa shape index (κ3) is 3.24. The molecule has 52 valence electrons. The average molecular weight is 142 g/mol. The summed E-state index contributed by atoms with van der Waals surface area (Å²) in [4.78, 5) is 11.0. The normalized spacial score (nSPS) is 12.4. The molecule has 0 atom stereocenters. The Labute approximate surface area is 57.8 Å². The quantitative estimate of drug-likeness (QED) is 0.426. The molecule has 0 saturated heterocycles. The molecule has 9 heavy (non-hydrogen) atoms. The van der Waals surface area contributed by atoms with E-state index in [0.717, 1.165) is 0 Å². The van der Waals surface area contributed by atoms with E-state index in [1.54, 1.807) is 12.2 Å². The second kappa shape index (κ2) is 2.97. The molecular formula is C7H14OSi. The lowest BCUT2D eigenvalue weighted by atomic mass is 10.6. The highest BCUT2D eigenvalue weighted by molar-refractivity contribution is 7.04. The van der Waals surface area contributed by atoms with Gasteiger partial charge in [-0.15, -0.1) is 0 Å². The van der Waals surface area contributed by atoms with Crippen molar-refractivity contribution in [2.75, 3.05) is 0 Å². The zero-order valence-electron chi connectivity index (χ0n) is 6.56. The van der Waals surface area contributed by atoms with Crippen LogP contribution in [-0.4, -0.2) is 13.5 Å². The SMILES string of the molecule is CC=CC(=O)[Si](C)(C)C. The molecule has 0 radical (unpaired) electrons. The van der Waals surface area contributed by atoms with Crippen molar-refractivity contribution in [3.63, 3.8) is 0 Å². The van der Waals surface area contributed by atoms with E-state index in [1.165, 1.54) is 0 Å². The van der Waals surface area contributed by atoms with Gasteiger partial charge in [-0.3, -0.25) is 0 Å². The van der Waals surface area contributed by atoms with Gasteiger partial charge in [0.25, 0.3) is 0 Å². The molecular weight excluding hydrogens is 128 g/mol. The summed E-state index contributed by atoms with van der Waals surface area (Å²) in [6.07, 6.45) is 3.48. The molecule has 0 aromatic rings. The molecule has 0 aliphatic carbocycles. The van der Waals surface area contributed by atoms with Crippen LogP contribution in [0.2, 0.25) is 19.6 Å². The number of carbonyl (C=O) groups excluding carboxylic acids is 1. The van der Waals surface area contributed by atoms with Crippen LogP contribution in [0, 0.1) is 0 Å². The van der Waals surface area contributed by atoms with Crippen LogP contribution < -0.4 is 0 Å². The number of allylic oxidation sites excluding steroid dienone is 2. The molecule has 0 unspecified atom stereocenters. The number of carbonyl (C=O) groups is 1. The first-order valence-electron chi connectivity index (χ1n) is 3.15. The fourth-order valence-electron chi connectivity index (χ4n) is 0.401. The molecule has 0 N–H and O–H groups in total. The van der Waals surface area contributed by atoms with Gasteiger partial charge in [0.15, 0.2) is 0 Å². The lowest BCUT2D eigenvalue weighted by Gasteiger charge is -2.09. The summed E-state index contributed by atoms with van der Waals surface area (Å²) in [6.45, 7) is 8.03. The van der Waals surface area contributed by atoms with Gasteiger partial charge in [-0.25, -0.2) is 0 Å². The van der Waals surface area contributed by atoms with Crippen molar-refractivity contribution in [3.05, 3.63) is 12.2 Å². The minimum Gasteiger partial charge on any atom is -0.301 e. The average Bonchev–Trinajstić information content (AvgIpc) is 1.64. The van der Waals surface area contributed by atoms with Gasteiger partial charge in [-0.05, 0) is 13.0 Å². The van der Waals surface area contributed by atoms with Gasteiger partial charge >= 0.3 is 0 Å². The molecule has 0 bridgehead atoms. The van der Waals surface area contributed by atoms with Crippen LogP contribution in [0.5, 0.6) is 0 Å². The van der Waals surface area contributed by atoms with Crippen molar-refractivity contribution >= 4 is 13.5 Å². The Morgan fingerprint density at radius 1 is 1.33 bits per heavy atom. The van der Waals surface area contributed by atoms with Gasteiger partial charge in [0.1, 0.15) is 13.5 Å². The van der Waals surface area contributed by atoms with Crippen LogP contribution >= 0.6 is 0 Å². The van der Waals surface area contributed by atoms with Crippen LogP contribution in [0.15, 0.2) is 12.2 Å². The lowest BCUT2D eigenvalue weighted by molar-refractivity contribution is -0.108. The van der Waals surface area contributed by atoms with Crippen molar-refractivity contribution in [1.29, 1.82) is 0 Å². The van der Waals surface area contributed by atoms with E-state index >= 15 is 0 Å². The second-order valence-electron chi connectivity index (χ2n) is 3.11. The fraction of sp³-hybridized carbons (Fsp3) is 0.571. The highest BCUT2D eigenvalue weighted by atomic mass is 28.3. The maximum atomic E-state index is 11.0. The van der Waals surface area contributed by atoms with E-state index in [-0.39, 0.29) is 0 Å². The molecule has 0 fully saturated rings. The fourth-order valence-corrected chi connectivity index (χ4v) is 1.07. The minimum absolute atomic E-state index is 0.324. The largest absolute Gasteiger partial charge is 0.301 e. The summed E-state index contributed by atoms with van der Waals surface area (Å²) >= 11 is 0. The van der Waals surface area contributed by atoms with E-state index in [0.29, 0.717) is 5.41 Å². The van der Waals surface area contributed by atoms with Crippen LogP contribution in [0.3, 0.4) is 0 Å². The van der Waals surface area contributed by atoms with Crippen LogP contribution in [-0.2, 0) is 4.79 Å². The Morgan fingerprint density at radius 2 is 1.78 bits per heavy atom. The summed E-state index contributed by atoms with van der Waals surface area (Å²) in [5.41, 5.74) is 0. The molecule has 0 aliphatic rings. The van der Waals surface area contributed by atoms with E-state index in [9.17, 15) is 4.79 Å². The Hall–Kier alpha value is -0.373. The topological polar surface area (TPSA) is 17.1 Å². The molecule has 0 aromatic carbocycles. The standard InChI is InChI=1S/C7H14OSi/c1-5-6-7(8)9(2,3)4/h5-6H,1-4H3. The molecule has 2 heteroatoms. The van der Waals surface area contributed by atoms with E-state index in [4.69, 9.17) is 0 Å². The second-order valence-corrected chi connectivity index (χ2v) is 8.11. The molecule has 0 saturated carbocycles. The predicted molar refractivity (Wildman–Crippen MR) is 43.2 cm³/mol. The maximum absolute atomic E-state index is 11.0. The van der Waals surface area contributed by atoms with Crippen molar-refractivity contribution < 1.29 is 4.79 Å². The van der Waals surface area contributed by atoms with Crippen molar-refractivity contribution in [2.45, 2.75) is 26.6 Å². The van der Waals surface area contributed by atoms with E-state index in [2.05, 4.69) is 19.6 Å². The molecule has 1 nitrogen and oxygen atoms in total. The van der Waals surface area contributed by atoms with Crippen molar-refractivity contribution in [2.24, 2.45) is 0 Å². The molecule has 0 rings (SSSR count). The first kappa shape index (κ1) is 8.63. The monoisotopic (exact) mass is 142 g/mol. The summed E-state index contributed by atoms with van der Waals surface area (Å²) in [6, 6.07) is 0. The van der Waals surface area contributed by atoms with Crippen LogP contribution in [0.1, 0.15) is 6.92 Å². The summed E-state index contributed by atoms with van der Waals surface area (Å²) in [5, 5.41) is 0.324. The van der Waals surface area contributed by atoms with Gasteiger partial charge in [0, 0.05) is 0 Å². The Balaban J connectivity index is 4.06. The number of hydrogen-bond donors (Lipinski definition) is 0. The van der Waals surface area contributed by atoms with E-state index in [1.807, 2.05) is 6.92 Å². The van der Waals surface area contributed by atoms with Crippen LogP contribution in [0.4, 0.5) is 0 Å². The predicted octanol–water partition coefficient (Wildman–Crippen LogP) is 2.01. The highest BCUT2D eigenvalue weighted by Crippen LogP contribution is 2.02. The van der Waals surface area contributed by atoms with Crippen LogP contribution in [0.25, 0.3) is 0 Å². The van der Waals surface area contributed by atoms with Gasteiger partial charge in [-0.1, -0.05) is 25.7 Å². The molecule has 0 aliphatic heterocycles. The molecule has 0 spiro atoms. The Kier molecular flexibility index (Phi) is 2.84. The molecule has 0 amide bonds. The maximum Gasteiger partial charge on any atom is 0.132 e. The van der Waals surface area contributed by atoms with Gasteiger partial charge in [0.2, 0.25) is 0 Å². The van der Waals surface area contributed by atoms with Gasteiger partial charge in [-0.2, -0.15) is 0 Å². The van der Waals surface area contributed by atoms with Gasteiger partial charge in [0.05, 0.1) is 0 Å². The minimum atomic E-state index is -1.51.